The molecule has 0 fully saturated rings. The number of allylic oxidation sites excluding steroid dienone is 3. The lowest BCUT2D eigenvalue weighted by Gasteiger charge is -2.30. The number of hydrogen-bond donors (Lipinski definition) is 1. The van der Waals surface area contributed by atoms with Gasteiger partial charge in [0.25, 0.3) is 0 Å². The van der Waals surface area contributed by atoms with E-state index in [1.165, 1.54) is 33.0 Å². The van der Waals surface area contributed by atoms with Crippen molar-refractivity contribution < 1.29 is 5.11 Å². The second-order valence-electron chi connectivity index (χ2n) is 5.77. The van der Waals surface area contributed by atoms with Crippen molar-refractivity contribution in [3.8, 4) is 0 Å². The van der Waals surface area contributed by atoms with Crippen molar-refractivity contribution in [1.29, 1.82) is 0 Å². The predicted molar refractivity (Wildman–Crippen MR) is 83.5 cm³/mol. The summed E-state index contributed by atoms with van der Waals surface area (Å²) in [7, 11) is 0. The summed E-state index contributed by atoms with van der Waals surface area (Å²) in [4.78, 5) is 0. The van der Waals surface area contributed by atoms with Gasteiger partial charge in [-0.2, -0.15) is 0 Å². The summed E-state index contributed by atoms with van der Waals surface area (Å²) in [5.41, 5.74) is 5.67. The van der Waals surface area contributed by atoms with Gasteiger partial charge in [-0.25, -0.2) is 0 Å². The number of aryl methyl sites for hydroxylation is 1. The lowest BCUT2D eigenvalue weighted by atomic mass is 9.75. The van der Waals surface area contributed by atoms with E-state index < -0.39 is 0 Å². The van der Waals surface area contributed by atoms with Crippen LogP contribution in [0.3, 0.4) is 0 Å². The van der Waals surface area contributed by atoms with Gasteiger partial charge in [-0.15, -0.1) is 0 Å². The first-order chi connectivity index (χ1) is 9.88. The minimum Gasteiger partial charge on any atom is -0.396 e. The van der Waals surface area contributed by atoms with Crippen molar-refractivity contribution in [1.82, 2.24) is 0 Å². The van der Waals surface area contributed by atoms with Gasteiger partial charge in [-0.05, 0) is 46.7 Å². The molecule has 100 valence electrons. The molecule has 0 saturated carbocycles. The minimum absolute atomic E-state index is 0.270. The number of aliphatic hydroxyl groups is 1. The van der Waals surface area contributed by atoms with Crippen LogP contribution in [-0.4, -0.2) is 11.7 Å². The summed E-state index contributed by atoms with van der Waals surface area (Å²) in [6.07, 6.45) is 7.64. The Kier molecular flexibility index (Phi) is 2.75. The molecular formula is C19H18O. The molecule has 2 aromatic carbocycles. The molecule has 1 N–H and O–H groups in total. The third-order valence-electron chi connectivity index (χ3n) is 4.74. The smallest absolute Gasteiger partial charge is 0.0499 e. The molecule has 0 radical (unpaired) electrons. The van der Waals surface area contributed by atoms with Crippen LogP contribution >= 0.6 is 0 Å². The maximum absolute atomic E-state index is 9.58. The van der Waals surface area contributed by atoms with E-state index in [-0.39, 0.29) is 6.61 Å². The van der Waals surface area contributed by atoms with Crippen molar-refractivity contribution in [2.24, 2.45) is 5.92 Å². The largest absolute Gasteiger partial charge is 0.396 e. The Hall–Kier alpha value is -1.86. The molecule has 1 atom stereocenters. The fourth-order valence-corrected chi connectivity index (χ4v) is 3.72. The summed E-state index contributed by atoms with van der Waals surface area (Å²) < 4.78 is 0. The van der Waals surface area contributed by atoms with Crippen LogP contribution in [0.5, 0.6) is 0 Å². The Labute approximate surface area is 119 Å². The van der Waals surface area contributed by atoms with Crippen LogP contribution in [0.1, 0.15) is 24.0 Å². The van der Waals surface area contributed by atoms with E-state index in [0.717, 1.165) is 19.3 Å². The Morgan fingerprint density at radius 1 is 1.05 bits per heavy atom. The Morgan fingerprint density at radius 3 is 2.85 bits per heavy atom. The molecular weight excluding hydrogens is 244 g/mol. The summed E-state index contributed by atoms with van der Waals surface area (Å²) in [5.74, 6) is 0.328. The van der Waals surface area contributed by atoms with Gasteiger partial charge in [0.1, 0.15) is 0 Å². The molecule has 0 amide bonds. The fourth-order valence-electron chi connectivity index (χ4n) is 3.72. The lowest BCUT2D eigenvalue weighted by Crippen LogP contribution is -2.17. The first-order valence-electron chi connectivity index (χ1n) is 7.40. The quantitative estimate of drug-likeness (QED) is 0.820. The lowest BCUT2D eigenvalue weighted by molar-refractivity contribution is 0.244. The molecule has 1 unspecified atom stereocenters. The first kappa shape index (κ1) is 11.9. The number of rotatable bonds is 1. The van der Waals surface area contributed by atoms with Crippen molar-refractivity contribution in [3.63, 3.8) is 0 Å². The minimum atomic E-state index is 0.270. The van der Waals surface area contributed by atoms with Crippen LogP contribution in [0.15, 0.2) is 54.1 Å². The Bertz CT molecular complexity index is 737. The highest BCUT2D eigenvalue weighted by Gasteiger charge is 2.25. The van der Waals surface area contributed by atoms with Gasteiger partial charge in [-0.1, -0.05) is 54.1 Å². The van der Waals surface area contributed by atoms with Gasteiger partial charge >= 0.3 is 0 Å². The Balaban J connectivity index is 1.96. The molecule has 0 bridgehead atoms. The summed E-state index contributed by atoms with van der Waals surface area (Å²) >= 11 is 0. The number of hydrogen-bond acceptors (Lipinski definition) is 1. The molecule has 1 nitrogen and oxygen atoms in total. The van der Waals surface area contributed by atoms with E-state index in [0.29, 0.717) is 5.92 Å². The van der Waals surface area contributed by atoms with Crippen molar-refractivity contribution >= 4 is 16.3 Å². The molecule has 0 spiro atoms. The average molecular weight is 262 g/mol. The molecule has 2 aliphatic rings. The number of benzene rings is 2. The highest BCUT2D eigenvalue weighted by atomic mass is 16.3. The molecule has 4 rings (SSSR count). The average Bonchev–Trinajstić information content (AvgIpc) is 2.53. The van der Waals surface area contributed by atoms with E-state index in [4.69, 9.17) is 0 Å². The number of fused-ring (bicyclic) bond motifs is 4. The highest BCUT2D eigenvalue weighted by Crippen LogP contribution is 2.41. The van der Waals surface area contributed by atoms with E-state index in [2.05, 4.69) is 48.6 Å². The maximum atomic E-state index is 9.58. The van der Waals surface area contributed by atoms with Crippen LogP contribution in [-0.2, 0) is 6.42 Å². The van der Waals surface area contributed by atoms with Gasteiger partial charge < -0.3 is 5.11 Å². The van der Waals surface area contributed by atoms with Crippen LogP contribution in [0.4, 0.5) is 0 Å². The van der Waals surface area contributed by atoms with Gasteiger partial charge in [0, 0.05) is 12.5 Å². The topological polar surface area (TPSA) is 20.2 Å². The van der Waals surface area contributed by atoms with E-state index in [1.54, 1.807) is 0 Å². The normalized spacial score (nSPS) is 20.9. The molecule has 0 aromatic heterocycles. The molecule has 0 heterocycles. The zero-order valence-electron chi connectivity index (χ0n) is 11.5. The fraction of sp³-hybridized carbons (Fsp3) is 0.263. The molecule has 1 heteroatoms. The van der Waals surface area contributed by atoms with Crippen LogP contribution in [0, 0.1) is 5.92 Å². The standard InChI is InChI=1S/C19H18O/c20-12-14-5-3-7-17-16(14)10-11-18-15-6-2-1-4-13(15)8-9-19(17)18/h1-4,6-9,14,20H,5,10-12H2. The Morgan fingerprint density at radius 2 is 1.95 bits per heavy atom. The van der Waals surface area contributed by atoms with Gasteiger partial charge in [0.05, 0.1) is 0 Å². The molecule has 0 aliphatic heterocycles. The highest BCUT2D eigenvalue weighted by molar-refractivity contribution is 5.93. The summed E-state index contributed by atoms with van der Waals surface area (Å²) in [6, 6.07) is 13.1. The SMILES string of the molecule is OCC1CC=CC2=C1CCc1c2ccc2ccccc12. The summed E-state index contributed by atoms with van der Waals surface area (Å²) in [5, 5.41) is 12.3. The van der Waals surface area contributed by atoms with Gasteiger partial charge in [0.2, 0.25) is 0 Å². The van der Waals surface area contributed by atoms with E-state index in [9.17, 15) is 5.11 Å². The van der Waals surface area contributed by atoms with E-state index >= 15 is 0 Å². The number of aliphatic hydroxyl groups excluding tert-OH is 1. The van der Waals surface area contributed by atoms with Crippen LogP contribution in [0.25, 0.3) is 16.3 Å². The second-order valence-corrected chi connectivity index (χ2v) is 5.77. The van der Waals surface area contributed by atoms with Crippen molar-refractivity contribution in [3.05, 3.63) is 65.3 Å². The van der Waals surface area contributed by atoms with E-state index in [1.807, 2.05) is 0 Å². The zero-order valence-corrected chi connectivity index (χ0v) is 11.5. The van der Waals surface area contributed by atoms with Crippen LogP contribution in [0.2, 0.25) is 0 Å². The predicted octanol–water partition coefficient (Wildman–Crippen LogP) is 4.11. The molecule has 20 heavy (non-hydrogen) atoms. The summed E-state index contributed by atoms with van der Waals surface area (Å²) in [6.45, 7) is 0.270. The van der Waals surface area contributed by atoms with Crippen molar-refractivity contribution in [2.75, 3.05) is 6.61 Å². The zero-order chi connectivity index (χ0) is 13.5. The molecule has 0 saturated heterocycles. The van der Waals surface area contributed by atoms with Crippen molar-refractivity contribution in [2.45, 2.75) is 19.3 Å². The maximum Gasteiger partial charge on any atom is 0.0499 e. The monoisotopic (exact) mass is 262 g/mol. The third kappa shape index (κ3) is 1.66. The first-order valence-corrected chi connectivity index (χ1v) is 7.40. The molecule has 2 aromatic rings. The van der Waals surface area contributed by atoms with Gasteiger partial charge in [0.15, 0.2) is 0 Å². The second kappa shape index (κ2) is 4.60. The van der Waals surface area contributed by atoms with Crippen LogP contribution < -0.4 is 0 Å². The van der Waals surface area contributed by atoms with Gasteiger partial charge in [-0.3, -0.25) is 0 Å². The third-order valence-corrected chi connectivity index (χ3v) is 4.74. The molecule has 2 aliphatic carbocycles.